The number of carbonyl (C=O) groups is 1. The number of carbonyl (C=O) groups excluding carboxylic acids is 1. The van der Waals surface area contributed by atoms with Gasteiger partial charge in [0, 0.05) is 37.9 Å². The minimum atomic E-state index is -4.38. The molecule has 0 spiro atoms. The van der Waals surface area contributed by atoms with E-state index in [1.165, 1.54) is 6.07 Å². The second-order valence-corrected chi connectivity index (χ2v) is 9.62. The Kier molecular flexibility index (Phi) is 5.90. The van der Waals surface area contributed by atoms with E-state index in [2.05, 4.69) is 0 Å². The highest BCUT2D eigenvalue weighted by Gasteiger charge is 2.33. The van der Waals surface area contributed by atoms with Gasteiger partial charge in [0.2, 0.25) is 5.91 Å². The fourth-order valence-electron chi connectivity index (χ4n) is 3.66. The van der Waals surface area contributed by atoms with Gasteiger partial charge in [0.15, 0.2) is 9.84 Å². The van der Waals surface area contributed by atoms with Gasteiger partial charge in [-0.3, -0.25) is 9.69 Å². The highest BCUT2D eigenvalue weighted by Crippen LogP contribution is 2.31. The van der Waals surface area contributed by atoms with Crippen LogP contribution in [0.25, 0.3) is 0 Å². The summed E-state index contributed by atoms with van der Waals surface area (Å²) in [5.74, 6) is 0.155. The standard InChI is InChI=1S/C18H24F3N3O3S/c1-22(16-5-10-28(26,27)13-16)12-17(25)24-8-6-23(7-9-24)15-4-2-3-14(11-15)18(19,20)21/h2-4,11,16H,5-10,12-13H2,1H3. The molecule has 6 nitrogen and oxygen atoms in total. The Morgan fingerprint density at radius 1 is 1.21 bits per heavy atom. The molecule has 156 valence electrons. The molecule has 0 bridgehead atoms. The van der Waals surface area contributed by atoms with Crippen LogP contribution in [-0.4, -0.2) is 81.4 Å². The number of amides is 1. The van der Waals surface area contributed by atoms with Crippen LogP contribution in [0.3, 0.4) is 0 Å². The Balaban J connectivity index is 1.53. The van der Waals surface area contributed by atoms with Crippen molar-refractivity contribution in [2.45, 2.75) is 18.6 Å². The largest absolute Gasteiger partial charge is 0.416 e. The molecule has 28 heavy (non-hydrogen) atoms. The predicted molar refractivity (Wildman–Crippen MR) is 99.9 cm³/mol. The molecule has 1 atom stereocenters. The number of anilines is 1. The second kappa shape index (κ2) is 7.90. The number of nitrogens with zero attached hydrogens (tertiary/aromatic N) is 3. The maximum Gasteiger partial charge on any atom is 0.416 e. The van der Waals surface area contributed by atoms with Gasteiger partial charge in [-0.25, -0.2) is 8.42 Å². The Labute approximate surface area is 162 Å². The summed E-state index contributed by atoms with van der Waals surface area (Å²) in [5.41, 5.74) is -0.188. The van der Waals surface area contributed by atoms with Gasteiger partial charge >= 0.3 is 6.18 Å². The Hall–Kier alpha value is -1.81. The summed E-state index contributed by atoms with van der Waals surface area (Å²) in [5, 5.41) is 0. The van der Waals surface area contributed by atoms with E-state index in [9.17, 15) is 26.4 Å². The Bertz CT molecular complexity index is 821. The summed E-state index contributed by atoms with van der Waals surface area (Å²) in [6.45, 7) is 1.89. The fourth-order valence-corrected chi connectivity index (χ4v) is 5.46. The summed E-state index contributed by atoms with van der Waals surface area (Å²) in [7, 11) is -1.25. The lowest BCUT2D eigenvalue weighted by Gasteiger charge is -2.37. The van der Waals surface area contributed by atoms with E-state index in [1.54, 1.807) is 22.9 Å². The monoisotopic (exact) mass is 419 g/mol. The third-order valence-electron chi connectivity index (χ3n) is 5.39. The average molecular weight is 419 g/mol. The number of alkyl halides is 3. The van der Waals surface area contributed by atoms with Crippen molar-refractivity contribution in [1.82, 2.24) is 9.80 Å². The van der Waals surface area contributed by atoms with Crippen LogP contribution in [0.5, 0.6) is 0 Å². The fraction of sp³-hybridized carbons (Fsp3) is 0.611. The number of hydrogen-bond donors (Lipinski definition) is 0. The van der Waals surface area contributed by atoms with Crippen LogP contribution >= 0.6 is 0 Å². The quantitative estimate of drug-likeness (QED) is 0.740. The third-order valence-corrected chi connectivity index (χ3v) is 7.14. The van der Waals surface area contributed by atoms with E-state index in [0.717, 1.165) is 12.1 Å². The Morgan fingerprint density at radius 2 is 1.89 bits per heavy atom. The summed E-state index contributed by atoms with van der Waals surface area (Å²) in [6.07, 6.45) is -3.85. The van der Waals surface area contributed by atoms with Crippen LogP contribution in [0.2, 0.25) is 0 Å². The topological polar surface area (TPSA) is 60.9 Å². The van der Waals surface area contributed by atoms with E-state index >= 15 is 0 Å². The molecule has 3 rings (SSSR count). The van der Waals surface area contributed by atoms with Crippen molar-refractivity contribution in [2.24, 2.45) is 0 Å². The van der Waals surface area contributed by atoms with Crippen molar-refractivity contribution in [2.75, 3.05) is 56.2 Å². The van der Waals surface area contributed by atoms with Crippen LogP contribution in [0.4, 0.5) is 18.9 Å². The molecule has 1 aromatic rings. The van der Waals surface area contributed by atoms with Crippen molar-refractivity contribution in [3.05, 3.63) is 29.8 Å². The van der Waals surface area contributed by atoms with Gasteiger partial charge in [-0.1, -0.05) is 6.07 Å². The summed E-state index contributed by atoms with van der Waals surface area (Å²) in [6, 6.07) is 5.07. The van der Waals surface area contributed by atoms with Gasteiger partial charge in [-0.2, -0.15) is 13.2 Å². The first-order valence-corrected chi connectivity index (χ1v) is 11.0. The van der Waals surface area contributed by atoms with E-state index in [1.807, 2.05) is 4.90 Å². The summed E-state index contributed by atoms with van der Waals surface area (Å²) >= 11 is 0. The van der Waals surface area contributed by atoms with Crippen molar-refractivity contribution >= 4 is 21.4 Å². The van der Waals surface area contributed by atoms with Gasteiger partial charge < -0.3 is 9.80 Å². The zero-order chi connectivity index (χ0) is 20.5. The van der Waals surface area contributed by atoms with Crippen LogP contribution in [0.15, 0.2) is 24.3 Å². The molecule has 2 aliphatic heterocycles. The molecule has 0 aliphatic carbocycles. The zero-order valence-electron chi connectivity index (χ0n) is 15.7. The number of likely N-dealkylation sites (N-methyl/N-ethyl adjacent to an activating group) is 1. The molecular formula is C18H24F3N3O3S. The molecule has 10 heteroatoms. The lowest BCUT2D eigenvalue weighted by atomic mass is 10.1. The number of sulfone groups is 1. The first-order chi connectivity index (χ1) is 13.0. The first kappa shape index (κ1) is 20.9. The molecule has 0 N–H and O–H groups in total. The molecule has 1 unspecified atom stereocenters. The zero-order valence-corrected chi connectivity index (χ0v) is 16.5. The van der Waals surface area contributed by atoms with Gasteiger partial charge in [0.25, 0.3) is 0 Å². The highest BCUT2D eigenvalue weighted by molar-refractivity contribution is 7.91. The van der Waals surface area contributed by atoms with Gasteiger partial charge in [-0.15, -0.1) is 0 Å². The maximum atomic E-state index is 12.9. The van der Waals surface area contributed by atoms with E-state index < -0.39 is 21.6 Å². The summed E-state index contributed by atoms with van der Waals surface area (Å²) in [4.78, 5) is 17.8. The third kappa shape index (κ3) is 4.96. The minimum absolute atomic E-state index is 0.0834. The van der Waals surface area contributed by atoms with E-state index in [0.29, 0.717) is 38.3 Å². The predicted octanol–water partition coefficient (Wildman–Crippen LogP) is 1.47. The summed E-state index contributed by atoms with van der Waals surface area (Å²) < 4.78 is 61.8. The van der Waals surface area contributed by atoms with Crippen molar-refractivity contribution in [1.29, 1.82) is 0 Å². The van der Waals surface area contributed by atoms with E-state index in [4.69, 9.17) is 0 Å². The normalized spacial score (nSPS) is 22.7. The second-order valence-electron chi connectivity index (χ2n) is 7.39. The molecule has 1 aromatic carbocycles. The van der Waals surface area contributed by atoms with Crippen LogP contribution < -0.4 is 4.90 Å². The van der Waals surface area contributed by atoms with Crippen LogP contribution in [0.1, 0.15) is 12.0 Å². The highest BCUT2D eigenvalue weighted by atomic mass is 32.2. The van der Waals surface area contributed by atoms with Crippen LogP contribution in [-0.2, 0) is 20.8 Å². The molecule has 1 amide bonds. The molecule has 2 heterocycles. The lowest BCUT2D eigenvalue weighted by molar-refractivity contribution is -0.137. The van der Waals surface area contributed by atoms with E-state index in [-0.39, 0.29) is 30.0 Å². The Morgan fingerprint density at radius 3 is 2.46 bits per heavy atom. The number of piperazine rings is 1. The van der Waals surface area contributed by atoms with Crippen LogP contribution in [0, 0.1) is 0 Å². The molecule has 0 saturated carbocycles. The maximum absolute atomic E-state index is 12.9. The molecule has 0 aromatic heterocycles. The number of halogens is 3. The molecule has 2 saturated heterocycles. The lowest BCUT2D eigenvalue weighted by Crippen LogP contribution is -2.52. The van der Waals surface area contributed by atoms with Crippen molar-refractivity contribution in [3.63, 3.8) is 0 Å². The van der Waals surface area contributed by atoms with Gasteiger partial charge in [-0.05, 0) is 31.7 Å². The first-order valence-electron chi connectivity index (χ1n) is 9.16. The molecular weight excluding hydrogens is 395 g/mol. The van der Waals surface area contributed by atoms with Gasteiger partial charge in [0.1, 0.15) is 0 Å². The van der Waals surface area contributed by atoms with Gasteiger partial charge in [0.05, 0.1) is 23.6 Å². The van der Waals surface area contributed by atoms with Crippen molar-refractivity contribution < 1.29 is 26.4 Å². The number of benzene rings is 1. The number of rotatable bonds is 4. The number of hydrogen-bond acceptors (Lipinski definition) is 5. The molecule has 2 aliphatic rings. The SMILES string of the molecule is CN(CC(=O)N1CCN(c2cccc(C(F)(F)F)c2)CC1)C1CCS(=O)(=O)C1. The van der Waals surface area contributed by atoms with Crippen molar-refractivity contribution in [3.8, 4) is 0 Å². The minimum Gasteiger partial charge on any atom is -0.368 e. The molecule has 2 fully saturated rings. The average Bonchev–Trinajstić information content (AvgIpc) is 3.01. The smallest absolute Gasteiger partial charge is 0.368 e. The molecule has 0 radical (unpaired) electrons.